The van der Waals surface area contributed by atoms with Gasteiger partial charge >= 0.3 is 0 Å². The Bertz CT molecular complexity index is 422. The number of benzene rings is 1. The summed E-state index contributed by atoms with van der Waals surface area (Å²) in [5.41, 5.74) is 1.22. The standard InChI is InChI=1S/C15H21Br2NO2/c1-10(2)20-15-13(16)6-11(7-14(15)17)8-18-9-12-4-3-5-19-12/h6-7,10,12,18H,3-5,8-9H2,1-2H3/t12-/m1/s1. The molecule has 20 heavy (non-hydrogen) atoms. The number of nitrogens with one attached hydrogen (secondary N) is 1. The molecule has 0 spiro atoms. The molecule has 0 bridgehead atoms. The summed E-state index contributed by atoms with van der Waals surface area (Å²) in [5.74, 6) is 0.864. The summed E-state index contributed by atoms with van der Waals surface area (Å²) in [6.45, 7) is 6.70. The van der Waals surface area contributed by atoms with E-state index < -0.39 is 0 Å². The summed E-state index contributed by atoms with van der Waals surface area (Å²) in [7, 11) is 0. The van der Waals surface area contributed by atoms with Gasteiger partial charge in [-0.25, -0.2) is 0 Å². The number of hydrogen-bond acceptors (Lipinski definition) is 3. The van der Waals surface area contributed by atoms with E-state index in [2.05, 4.69) is 49.3 Å². The third-order valence-electron chi connectivity index (χ3n) is 3.14. The summed E-state index contributed by atoms with van der Waals surface area (Å²) in [6, 6.07) is 4.20. The lowest BCUT2D eigenvalue weighted by Gasteiger charge is -2.15. The van der Waals surface area contributed by atoms with Gasteiger partial charge in [0.15, 0.2) is 0 Å². The van der Waals surface area contributed by atoms with Crippen LogP contribution in [0.5, 0.6) is 5.75 Å². The van der Waals surface area contributed by atoms with Crippen LogP contribution >= 0.6 is 31.9 Å². The fourth-order valence-electron chi connectivity index (χ4n) is 2.25. The number of rotatable bonds is 6. The topological polar surface area (TPSA) is 30.5 Å². The maximum atomic E-state index is 5.78. The van der Waals surface area contributed by atoms with Crippen molar-refractivity contribution in [3.63, 3.8) is 0 Å². The van der Waals surface area contributed by atoms with Crippen molar-refractivity contribution >= 4 is 31.9 Å². The minimum Gasteiger partial charge on any atom is -0.489 e. The van der Waals surface area contributed by atoms with Crippen molar-refractivity contribution in [2.24, 2.45) is 0 Å². The zero-order valence-electron chi connectivity index (χ0n) is 11.9. The van der Waals surface area contributed by atoms with Gasteiger partial charge in [-0.15, -0.1) is 0 Å². The molecular formula is C15H21Br2NO2. The van der Waals surface area contributed by atoms with Gasteiger partial charge in [-0.1, -0.05) is 0 Å². The largest absolute Gasteiger partial charge is 0.489 e. The number of ether oxygens (including phenoxy) is 2. The van der Waals surface area contributed by atoms with E-state index in [4.69, 9.17) is 9.47 Å². The van der Waals surface area contributed by atoms with Crippen molar-refractivity contribution in [2.45, 2.75) is 45.4 Å². The highest BCUT2D eigenvalue weighted by atomic mass is 79.9. The van der Waals surface area contributed by atoms with Gasteiger partial charge in [0.1, 0.15) is 5.75 Å². The van der Waals surface area contributed by atoms with E-state index in [0.29, 0.717) is 6.10 Å². The Hall–Kier alpha value is -0.100. The molecule has 1 fully saturated rings. The Labute approximate surface area is 137 Å². The average molecular weight is 407 g/mol. The maximum Gasteiger partial charge on any atom is 0.148 e. The van der Waals surface area contributed by atoms with Crippen LogP contribution < -0.4 is 10.1 Å². The third kappa shape index (κ3) is 4.72. The van der Waals surface area contributed by atoms with E-state index in [-0.39, 0.29) is 6.10 Å². The summed E-state index contributed by atoms with van der Waals surface area (Å²) in [6.07, 6.45) is 2.89. The highest BCUT2D eigenvalue weighted by Crippen LogP contribution is 2.35. The third-order valence-corrected chi connectivity index (χ3v) is 4.31. The van der Waals surface area contributed by atoms with Crippen LogP contribution in [0, 0.1) is 0 Å². The molecule has 1 atom stereocenters. The molecule has 0 saturated carbocycles. The molecule has 1 aromatic carbocycles. The molecule has 0 amide bonds. The fourth-order valence-corrected chi connectivity index (χ4v) is 3.71. The van der Waals surface area contributed by atoms with Gasteiger partial charge in [0.25, 0.3) is 0 Å². The first-order chi connectivity index (χ1) is 9.56. The van der Waals surface area contributed by atoms with Gasteiger partial charge in [0.2, 0.25) is 0 Å². The predicted octanol–water partition coefficient (Wildman–Crippen LogP) is 4.27. The zero-order valence-corrected chi connectivity index (χ0v) is 15.1. The molecular weight excluding hydrogens is 386 g/mol. The normalized spacial score (nSPS) is 18.8. The number of halogens is 2. The molecule has 0 aromatic heterocycles. The number of hydrogen-bond donors (Lipinski definition) is 1. The summed E-state index contributed by atoms with van der Waals surface area (Å²) in [4.78, 5) is 0. The summed E-state index contributed by atoms with van der Waals surface area (Å²) in [5, 5.41) is 3.45. The Morgan fingerprint density at radius 1 is 1.35 bits per heavy atom. The molecule has 1 aliphatic heterocycles. The quantitative estimate of drug-likeness (QED) is 0.765. The van der Waals surface area contributed by atoms with Crippen LogP contribution in [0.15, 0.2) is 21.1 Å². The SMILES string of the molecule is CC(C)Oc1c(Br)cc(CNC[C@H]2CCCO2)cc1Br. The van der Waals surface area contributed by atoms with Crippen LogP contribution in [-0.2, 0) is 11.3 Å². The molecule has 3 nitrogen and oxygen atoms in total. The van der Waals surface area contributed by atoms with Crippen LogP contribution in [0.4, 0.5) is 0 Å². The lowest BCUT2D eigenvalue weighted by molar-refractivity contribution is 0.110. The molecule has 1 aliphatic rings. The summed E-state index contributed by atoms with van der Waals surface area (Å²) < 4.78 is 13.3. The van der Waals surface area contributed by atoms with E-state index in [0.717, 1.165) is 34.4 Å². The van der Waals surface area contributed by atoms with Crippen molar-refractivity contribution in [3.8, 4) is 5.75 Å². The van der Waals surface area contributed by atoms with Crippen LogP contribution in [0.3, 0.4) is 0 Å². The van der Waals surface area contributed by atoms with Crippen molar-refractivity contribution in [1.29, 1.82) is 0 Å². The van der Waals surface area contributed by atoms with Gasteiger partial charge in [0, 0.05) is 19.7 Å². The van der Waals surface area contributed by atoms with Crippen molar-refractivity contribution < 1.29 is 9.47 Å². The first-order valence-electron chi connectivity index (χ1n) is 7.03. The summed E-state index contributed by atoms with van der Waals surface area (Å²) >= 11 is 7.15. The maximum absolute atomic E-state index is 5.78. The second-order valence-corrected chi connectivity index (χ2v) is 7.03. The van der Waals surface area contributed by atoms with Gasteiger partial charge in [-0.05, 0) is 76.2 Å². The minimum atomic E-state index is 0.158. The average Bonchev–Trinajstić information content (AvgIpc) is 2.87. The predicted molar refractivity (Wildman–Crippen MR) is 88.3 cm³/mol. The lowest BCUT2D eigenvalue weighted by Crippen LogP contribution is -2.25. The van der Waals surface area contributed by atoms with Gasteiger partial charge in [-0.2, -0.15) is 0 Å². The molecule has 0 radical (unpaired) electrons. The molecule has 112 valence electrons. The van der Waals surface area contributed by atoms with E-state index in [1.165, 1.54) is 18.4 Å². The second-order valence-electron chi connectivity index (χ2n) is 5.32. The monoisotopic (exact) mass is 405 g/mol. The van der Waals surface area contributed by atoms with Crippen molar-refractivity contribution in [1.82, 2.24) is 5.32 Å². The van der Waals surface area contributed by atoms with Gasteiger partial charge in [0.05, 0.1) is 21.2 Å². The smallest absolute Gasteiger partial charge is 0.148 e. The highest BCUT2D eigenvalue weighted by Gasteiger charge is 2.15. The van der Waals surface area contributed by atoms with Crippen LogP contribution in [0.1, 0.15) is 32.3 Å². The van der Waals surface area contributed by atoms with Crippen molar-refractivity contribution in [3.05, 3.63) is 26.6 Å². The zero-order chi connectivity index (χ0) is 14.5. The van der Waals surface area contributed by atoms with E-state index in [1.807, 2.05) is 13.8 Å². The van der Waals surface area contributed by atoms with Crippen LogP contribution in [-0.4, -0.2) is 25.4 Å². The Kier molecular flexibility index (Phi) is 6.33. The molecule has 0 unspecified atom stereocenters. The second kappa shape index (κ2) is 7.78. The Morgan fingerprint density at radius 2 is 2.05 bits per heavy atom. The van der Waals surface area contributed by atoms with E-state index in [1.54, 1.807) is 0 Å². The Balaban J connectivity index is 1.91. The van der Waals surface area contributed by atoms with E-state index >= 15 is 0 Å². The highest BCUT2D eigenvalue weighted by molar-refractivity contribution is 9.11. The van der Waals surface area contributed by atoms with Crippen LogP contribution in [0.25, 0.3) is 0 Å². The lowest BCUT2D eigenvalue weighted by atomic mass is 10.2. The molecule has 1 aromatic rings. The molecule has 2 rings (SSSR count). The molecule has 1 saturated heterocycles. The first-order valence-corrected chi connectivity index (χ1v) is 8.61. The minimum absolute atomic E-state index is 0.158. The van der Waals surface area contributed by atoms with E-state index in [9.17, 15) is 0 Å². The fraction of sp³-hybridized carbons (Fsp3) is 0.600. The molecule has 1 N–H and O–H groups in total. The molecule has 5 heteroatoms. The molecule has 1 heterocycles. The van der Waals surface area contributed by atoms with Crippen LogP contribution in [0.2, 0.25) is 0 Å². The Morgan fingerprint density at radius 3 is 2.60 bits per heavy atom. The first kappa shape index (κ1) is 16.3. The van der Waals surface area contributed by atoms with Crippen molar-refractivity contribution in [2.75, 3.05) is 13.2 Å². The van der Waals surface area contributed by atoms with Gasteiger partial charge in [-0.3, -0.25) is 0 Å². The molecule has 0 aliphatic carbocycles. The van der Waals surface area contributed by atoms with Gasteiger partial charge < -0.3 is 14.8 Å².